The summed E-state index contributed by atoms with van der Waals surface area (Å²) in [6.07, 6.45) is 0. The molecular formula is C26H30N4O3. The molecule has 2 heterocycles. The summed E-state index contributed by atoms with van der Waals surface area (Å²) >= 11 is 0. The lowest BCUT2D eigenvalue weighted by atomic mass is 9.94. The molecule has 0 saturated heterocycles. The third kappa shape index (κ3) is 4.77. The standard InChI is InChI=1S/C26H30N4O3/c1-6-32-21-13-11-20(12-14-21)24-28-25(33-29-24)22-18(5)30(15-16(2)3)26(31)27-23(22)19-9-7-17(4)8-10-19/h7-14,16,23H,6,15H2,1-5H3,(H,27,31). The van der Waals surface area contributed by atoms with Crippen LogP contribution in [0.15, 0.2) is 58.8 Å². The average Bonchev–Trinajstić information content (AvgIpc) is 3.27. The van der Waals surface area contributed by atoms with Gasteiger partial charge < -0.3 is 14.6 Å². The van der Waals surface area contributed by atoms with E-state index in [1.165, 1.54) is 0 Å². The summed E-state index contributed by atoms with van der Waals surface area (Å²) in [6, 6.07) is 15.2. The van der Waals surface area contributed by atoms with Gasteiger partial charge in [-0.1, -0.05) is 48.8 Å². The lowest BCUT2D eigenvalue weighted by Gasteiger charge is -2.36. The molecule has 172 valence electrons. The van der Waals surface area contributed by atoms with Gasteiger partial charge in [0.1, 0.15) is 5.75 Å². The number of hydrogen-bond acceptors (Lipinski definition) is 5. The molecule has 4 rings (SSSR count). The molecule has 7 nitrogen and oxygen atoms in total. The van der Waals surface area contributed by atoms with Gasteiger partial charge in [-0.05, 0) is 56.5 Å². The van der Waals surface area contributed by atoms with Gasteiger partial charge in [-0.3, -0.25) is 4.90 Å². The maximum atomic E-state index is 13.0. The summed E-state index contributed by atoms with van der Waals surface area (Å²) < 4.78 is 11.3. The smallest absolute Gasteiger partial charge is 0.322 e. The second kappa shape index (κ2) is 9.48. The Labute approximate surface area is 194 Å². The molecule has 1 N–H and O–H groups in total. The van der Waals surface area contributed by atoms with Gasteiger partial charge in [0.15, 0.2) is 0 Å². The maximum Gasteiger partial charge on any atom is 0.322 e. The van der Waals surface area contributed by atoms with Crippen LogP contribution in [0.1, 0.15) is 50.8 Å². The van der Waals surface area contributed by atoms with Crippen molar-refractivity contribution < 1.29 is 14.1 Å². The normalized spacial score (nSPS) is 16.4. The predicted octanol–water partition coefficient (Wildman–Crippen LogP) is 5.60. The molecule has 1 aliphatic heterocycles. The first-order valence-electron chi connectivity index (χ1n) is 11.3. The summed E-state index contributed by atoms with van der Waals surface area (Å²) in [4.78, 5) is 19.4. The van der Waals surface area contributed by atoms with E-state index in [-0.39, 0.29) is 12.1 Å². The summed E-state index contributed by atoms with van der Waals surface area (Å²) in [6.45, 7) is 11.3. The van der Waals surface area contributed by atoms with E-state index in [0.29, 0.717) is 30.8 Å². The molecule has 7 heteroatoms. The first-order valence-corrected chi connectivity index (χ1v) is 11.3. The van der Waals surface area contributed by atoms with E-state index in [4.69, 9.17) is 14.2 Å². The molecule has 0 bridgehead atoms. The molecule has 33 heavy (non-hydrogen) atoms. The number of nitrogens with one attached hydrogen (secondary N) is 1. The van der Waals surface area contributed by atoms with Crippen molar-refractivity contribution in [2.45, 2.75) is 40.7 Å². The van der Waals surface area contributed by atoms with Crippen LogP contribution in [0.3, 0.4) is 0 Å². The van der Waals surface area contributed by atoms with Crippen molar-refractivity contribution in [3.05, 3.63) is 71.2 Å². The number of carbonyl (C=O) groups excluding carboxylic acids is 1. The minimum absolute atomic E-state index is 0.123. The van der Waals surface area contributed by atoms with E-state index < -0.39 is 0 Å². The van der Waals surface area contributed by atoms with Crippen molar-refractivity contribution >= 4 is 11.6 Å². The van der Waals surface area contributed by atoms with Crippen molar-refractivity contribution in [3.63, 3.8) is 0 Å². The SMILES string of the molecule is CCOc1ccc(-c2noc(C3=C(C)N(CC(C)C)C(=O)NC3c3ccc(C)cc3)n2)cc1. The molecule has 0 aliphatic carbocycles. The van der Waals surface area contributed by atoms with Crippen molar-refractivity contribution in [2.24, 2.45) is 5.92 Å². The summed E-state index contributed by atoms with van der Waals surface area (Å²) in [5.74, 6) is 1.99. The molecule has 0 fully saturated rings. The van der Waals surface area contributed by atoms with Crippen LogP contribution in [0, 0.1) is 12.8 Å². The van der Waals surface area contributed by atoms with Crippen LogP contribution in [-0.4, -0.2) is 34.2 Å². The van der Waals surface area contributed by atoms with Crippen molar-refractivity contribution in [2.75, 3.05) is 13.2 Å². The largest absolute Gasteiger partial charge is 0.494 e. The molecular weight excluding hydrogens is 416 g/mol. The quantitative estimate of drug-likeness (QED) is 0.511. The van der Waals surface area contributed by atoms with Crippen LogP contribution >= 0.6 is 0 Å². The summed E-state index contributed by atoms with van der Waals surface area (Å²) in [7, 11) is 0. The van der Waals surface area contributed by atoms with Gasteiger partial charge >= 0.3 is 6.03 Å². The minimum atomic E-state index is -0.379. The summed E-state index contributed by atoms with van der Waals surface area (Å²) in [5.41, 5.74) is 4.58. The van der Waals surface area contributed by atoms with E-state index in [1.807, 2.05) is 69.3 Å². The monoisotopic (exact) mass is 446 g/mol. The van der Waals surface area contributed by atoms with Crippen LogP contribution in [-0.2, 0) is 0 Å². The number of allylic oxidation sites excluding steroid dienone is 1. The highest BCUT2D eigenvalue weighted by Crippen LogP contribution is 2.37. The van der Waals surface area contributed by atoms with Gasteiger partial charge in [-0.25, -0.2) is 4.79 Å². The van der Waals surface area contributed by atoms with Crippen LogP contribution in [0.4, 0.5) is 4.79 Å². The maximum absolute atomic E-state index is 13.0. The molecule has 0 radical (unpaired) electrons. The zero-order valence-electron chi connectivity index (χ0n) is 19.8. The van der Waals surface area contributed by atoms with Crippen LogP contribution in [0.25, 0.3) is 17.0 Å². The number of rotatable bonds is 7. The number of ether oxygens (including phenoxy) is 1. The Balaban J connectivity index is 1.75. The van der Waals surface area contributed by atoms with Crippen molar-refractivity contribution in [1.82, 2.24) is 20.4 Å². The molecule has 0 spiro atoms. The van der Waals surface area contributed by atoms with Gasteiger partial charge in [0, 0.05) is 17.8 Å². The number of nitrogens with zero attached hydrogens (tertiary/aromatic N) is 3. The Bertz CT molecular complexity index is 1150. The lowest BCUT2D eigenvalue weighted by Crippen LogP contribution is -2.47. The molecule has 1 aliphatic rings. The second-order valence-electron chi connectivity index (χ2n) is 8.68. The first kappa shape index (κ1) is 22.6. The van der Waals surface area contributed by atoms with E-state index in [2.05, 4.69) is 24.3 Å². The molecule has 0 saturated carbocycles. The predicted molar refractivity (Wildman–Crippen MR) is 127 cm³/mol. The lowest BCUT2D eigenvalue weighted by molar-refractivity contribution is 0.199. The molecule has 1 atom stereocenters. The number of aromatic nitrogens is 2. The van der Waals surface area contributed by atoms with Crippen molar-refractivity contribution in [1.29, 1.82) is 0 Å². The number of amides is 2. The highest BCUT2D eigenvalue weighted by molar-refractivity contribution is 5.86. The number of carbonyl (C=O) groups is 1. The van der Waals surface area contributed by atoms with Crippen LogP contribution in [0.5, 0.6) is 5.75 Å². The molecule has 3 aromatic rings. The topological polar surface area (TPSA) is 80.5 Å². The van der Waals surface area contributed by atoms with Gasteiger partial charge in [-0.15, -0.1) is 0 Å². The Hall–Kier alpha value is -3.61. The van der Waals surface area contributed by atoms with Gasteiger partial charge in [0.25, 0.3) is 5.89 Å². The average molecular weight is 447 g/mol. The molecule has 2 aromatic carbocycles. The van der Waals surface area contributed by atoms with Gasteiger partial charge in [0.2, 0.25) is 5.82 Å². The second-order valence-corrected chi connectivity index (χ2v) is 8.68. The van der Waals surface area contributed by atoms with Gasteiger partial charge in [-0.2, -0.15) is 4.98 Å². The fourth-order valence-electron chi connectivity index (χ4n) is 3.97. The Morgan fingerprint density at radius 1 is 1.09 bits per heavy atom. The van der Waals surface area contributed by atoms with E-state index in [9.17, 15) is 4.79 Å². The highest BCUT2D eigenvalue weighted by Gasteiger charge is 2.35. The van der Waals surface area contributed by atoms with Crippen LogP contribution in [0.2, 0.25) is 0 Å². The number of urea groups is 1. The highest BCUT2D eigenvalue weighted by atomic mass is 16.5. The number of hydrogen-bond donors (Lipinski definition) is 1. The fraction of sp³-hybridized carbons (Fsp3) is 0.346. The minimum Gasteiger partial charge on any atom is -0.494 e. The summed E-state index contributed by atoms with van der Waals surface area (Å²) in [5, 5.41) is 7.37. The van der Waals surface area contributed by atoms with Crippen molar-refractivity contribution in [3.8, 4) is 17.1 Å². The zero-order valence-corrected chi connectivity index (χ0v) is 19.8. The van der Waals surface area contributed by atoms with E-state index >= 15 is 0 Å². The third-order valence-corrected chi connectivity index (χ3v) is 5.63. The van der Waals surface area contributed by atoms with Crippen LogP contribution < -0.4 is 10.1 Å². The fourth-order valence-corrected chi connectivity index (χ4v) is 3.97. The van der Waals surface area contributed by atoms with E-state index in [0.717, 1.165) is 33.7 Å². The van der Waals surface area contributed by atoms with Gasteiger partial charge in [0.05, 0.1) is 18.2 Å². The molecule has 2 amide bonds. The zero-order chi connectivity index (χ0) is 23.5. The molecule has 1 unspecified atom stereocenters. The Morgan fingerprint density at radius 3 is 2.42 bits per heavy atom. The third-order valence-electron chi connectivity index (χ3n) is 5.63. The number of aryl methyl sites for hydroxylation is 1. The molecule has 1 aromatic heterocycles. The Kier molecular flexibility index (Phi) is 6.49. The van der Waals surface area contributed by atoms with E-state index in [1.54, 1.807) is 4.90 Å². The Morgan fingerprint density at radius 2 is 1.79 bits per heavy atom. The number of benzene rings is 2. The first-order chi connectivity index (χ1) is 15.9.